The van der Waals surface area contributed by atoms with Gasteiger partial charge in [0.2, 0.25) is 5.91 Å². The van der Waals surface area contributed by atoms with E-state index in [0.29, 0.717) is 38.0 Å². The lowest BCUT2D eigenvalue weighted by molar-refractivity contribution is -0.115. The van der Waals surface area contributed by atoms with Crippen molar-refractivity contribution in [3.63, 3.8) is 0 Å². The van der Waals surface area contributed by atoms with Crippen molar-refractivity contribution < 1.29 is 9.21 Å². The van der Waals surface area contributed by atoms with Crippen molar-refractivity contribution in [2.75, 3.05) is 5.32 Å². The highest BCUT2D eigenvalue weighted by molar-refractivity contribution is 7.80. The Morgan fingerprint density at radius 1 is 1.30 bits per heavy atom. The second-order valence-electron chi connectivity index (χ2n) is 7.80. The van der Waals surface area contributed by atoms with Gasteiger partial charge in [0.25, 0.3) is 0 Å². The van der Waals surface area contributed by atoms with Gasteiger partial charge in [-0.25, -0.2) is 0 Å². The van der Waals surface area contributed by atoms with Crippen molar-refractivity contribution in [3.8, 4) is 17.4 Å². The van der Waals surface area contributed by atoms with Gasteiger partial charge in [-0.3, -0.25) is 10.1 Å². The van der Waals surface area contributed by atoms with Crippen LogP contribution in [-0.2, 0) is 17.6 Å². The van der Waals surface area contributed by atoms with Gasteiger partial charge in [0, 0.05) is 26.6 Å². The van der Waals surface area contributed by atoms with E-state index in [1.54, 1.807) is 36.4 Å². The Labute approximate surface area is 211 Å². The van der Waals surface area contributed by atoms with Crippen molar-refractivity contribution in [1.29, 1.82) is 5.26 Å². The predicted octanol–water partition coefficient (Wildman–Crippen LogP) is 6.84. The Balaban J connectivity index is 1.38. The highest BCUT2D eigenvalue weighted by atomic mass is 35.5. The van der Waals surface area contributed by atoms with E-state index in [1.807, 2.05) is 0 Å². The molecule has 168 valence electrons. The Morgan fingerprint density at radius 2 is 2.06 bits per heavy atom. The summed E-state index contributed by atoms with van der Waals surface area (Å²) in [7, 11) is 0. The number of hydrogen-bond acceptors (Lipinski definition) is 5. The summed E-state index contributed by atoms with van der Waals surface area (Å²) in [6.45, 7) is 2.21. The summed E-state index contributed by atoms with van der Waals surface area (Å²) < 4.78 is 5.75. The molecular weight excluding hydrogens is 497 g/mol. The van der Waals surface area contributed by atoms with Crippen LogP contribution in [0.2, 0.25) is 10.0 Å². The van der Waals surface area contributed by atoms with Crippen molar-refractivity contribution in [3.05, 3.63) is 68.2 Å². The van der Waals surface area contributed by atoms with Gasteiger partial charge < -0.3 is 9.73 Å². The van der Waals surface area contributed by atoms with Crippen LogP contribution in [0.15, 0.2) is 40.8 Å². The number of furan rings is 1. The van der Waals surface area contributed by atoms with Crippen LogP contribution in [-0.4, -0.2) is 11.0 Å². The number of hydrogen-bond donors (Lipinski definition) is 2. The minimum absolute atomic E-state index is 0.140. The first-order valence-electron chi connectivity index (χ1n) is 10.2. The van der Waals surface area contributed by atoms with Crippen LogP contribution < -0.4 is 10.6 Å². The maximum Gasteiger partial charge on any atom is 0.250 e. The zero-order chi connectivity index (χ0) is 23.5. The Hall–Kier alpha value is -2.63. The molecule has 2 heterocycles. The molecule has 0 fully saturated rings. The molecule has 2 N–H and O–H groups in total. The molecule has 1 atom stereocenters. The molecule has 1 amide bonds. The number of amides is 1. The van der Waals surface area contributed by atoms with Gasteiger partial charge in [0.15, 0.2) is 5.11 Å². The van der Waals surface area contributed by atoms with E-state index < -0.39 is 5.91 Å². The lowest BCUT2D eigenvalue weighted by Gasteiger charge is -2.17. The largest absolute Gasteiger partial charge is 0.457 e. The van der Waals surface area contributed by atoms with E-state index >= 15 is 0 Å². The molecular formula is C24H19Cl2N3O2S2. The Morgan fingerprint density at radius 3 is 2.79 bits per heavy atom. The van der Waals surface area contributed by atoms with Crippen LogP contribution in [0.25, 0.3) is 17.4 Å². The Bertz CT molecular complexity index is 1280. The topological polar surface area (TPSA) is 78.1 Å². The van der Waals surface area contributed by atoms with Crippen LogP contribution >= 0.6 is 46.8 Å². The number of nitrogens with zero attached hydrogens (tertiary/aromatic N) is 1. The Kier molecular flexibility index (Phi) is 7.20. The quantitative estimate of drug-likeness (QED) is 0.293. The van der Waals surface area contributed by atoms with Gasteiger partial charge >= 0.3 is 0 Å². The summed E-state index contributed by atoms with van der Waals surface area (Å²) in [5, 5.41) is 17.1. The molecule has 3 aromatic rings. The third-order valence-corrected chi connectivity index (χ3v) is 7.07. The van der Waals surface area contributed by atoms with Gasteiger partial charge in [-0.2, -0.15) is 5.26 Å². The fourth-order valence-corrected chi connectivity index (χ4v) is 5.86. The number of carbonyl (C=O) groups excluding carboxylic acids is 1. The average molecular weight is 516 g/mol. The molecule has 0 saturated carbocycles. The van der Waals surface area contributed by atoms with E-state index in [1.165, 1.54) is 22.3 Å². The van der Waals surface area contributed by atoms with Gasteiger partial charge in [0.1, 0.15) is 22.6 Å². The molecule has 0 aliphatic heterocycles. The summed E-state index contributed by atoms with van der Waals surface area (Å²) in [4.78, 5) is 13.5. The number of benzene rings is 1. The molecule has 33 heavy (non-hydrogen) atoms. The molecule has 5 nitrogen and oxygen atoms in total. The minimum Gasteiger partial charge on any atom is -0.457 e. The van der Waals surface area contributed by atoms with Crippen molar-refractivity contribution in [2.24, 2.45) is 5.92 Å². The maximum absolute atomic E-state index is 12.3. The van der Waals surface area contributed by atoms with Crippen molar-refractivity contribution >= 4 is 68.9 Å². The minimum atomic E-state index is -0.412. The molecule has 0 spiro atoms. The molecule has 0 bridgehead atoms. The number of rotatable bonds is 4. The average Bonchev–Trinajstić information content (AvgIpc) is 3.35. The second kappa shape index (κ2) is 10.1. The first-order chi connectivity index (χ1) is 15.8. The molecule has 1 aromatic carbocycles. The molecule has 0 saturated heterocycles. The third-order valence-electron chi connectivity index (χ3n) is 5.26. The van der Waals surface area contributed by atoms with Crippen LogP contribution in [0.4, 0.5) is 5.00 Å². The molecule has 0 radical (unpaired) electrons. The molecule has 9 heteroatoms. The zero-order valence-corrected chi connectivity index (χ0v) is 20.7. The zero-order valence-electron chi connectivity index (χ0n) is 17.6. The normalized spacial score (nSPS) is 15.2. The standard InChI is InChI=1S/C24H19Cl2N3O2S2/c1-13-2-5-18-19(12-27)23(33-21(18)8-13)29-24(32)28-22(30)7-4-17-3-6-20(31-17)14-9-15(25)11-16(26)10-14/h3-4,6-7,9-11,13H,2,5,8H2,1H3,(H2,28,29,30,32)/b7-4+/t13-/m1/s1. The number of nitriles is 1. The highest BCUT2D eigenvalue weighted by Gasteiger charge is 2.24. The number of thiophene rings is 1. The van der Waals surface area contributed by atoms with E-state index in [4.69, 9.17) is 39.8 Å². The summed E-state index contributed by atoms with van der Waals surface area (Å²) in [6, 6.07) is 10.9. The van der Waals surface area contributed by atoms with Gasteiger partial charge in [-0.15, -0.1) is 11.3 Å². The smallest absolute Gasteiger partial charge is 0.250 e. The van der Waals surface area contributed by atoms with Crippen LogP contribution in [0.1, 0.15) is 35.1 Å². The fourth-order valence-electron chi connectivity index (χ4n) is 3.70. The number of anilines is 1. The van der Waals surface area contributed by atoms with Crippen LogP contribution in [0, 0.1) is 17.2 Å². The SMILES string of the molecule is C[C@@H]1CCc2c(sc(NC(=S)NC(=O)/C=C/c3ccc(-c4cc(Cl)cc(Cl)c4)o3)c2C#N)C1. The molecule has 1 aliphatic carbocycles. The molecule has 0 unspecified atom stereocenters. The summed E-state index contributed by atoms with van der Waals surface area (Å²) in [6.07, 6.45) is 5.80. The van der Waals surface area contributed by atoms with Gasteiger partial charge in [0.05, 0.1) is 5.56 Å². The predicted molar refractivity (Wildman–Crippen MR) is 138 cm³/mol. The van der Waals surface area contributed by atoms with E-state index in [-0.39, 0.29) is 5.11 Å². The lowest BCUT2D eigenvalue weighted by Crippen LogP contribution is -2.32. The number of nitrogens with one attached hydrogen (secondary N) is 2. The summed E-state index contributed by atoms with van der Waals surface area (Å²) in [5.41, 5.74) is 2.47. The monoisotopic (exact) mass is 515 g/mol. The number of halogens is 2. The summed E-state index contributed by atoms with van der Waals surface area (Å²) in [5.74, 6) is 1.26. The number of carbonyl (C=O) groups is 1. The highest BCUT2D eigenvalue weighted by Crippen LogP contribution is 2.39. The third kappa shape index (κ3) is 5.66. The van der Waals surface area contributed by atoms with Crippen LogP contribution in [0.5, 0.6) is 0 Å². The maximum atomic E-state index is 12.3. The van der Waals surface area contributed by atoms with E-state index in [0.717, 1.165) is 30.4 Å². The molecule has 2 aromatic heterocycles. The summed E-state index contributed by atoms with van der Waals surface area (Å²) >= 11 is 18.9. The van der Waals surface area contributed by atoms with Gasteiger partial charge in [-0.05, 0) is 79.4 Å². The lowest BCUT2D eigenvalue weighted by atomic mass is 9.89. The fraction of sp³-hybridized carbons (Fsp3) is 0.208. The second-order valence-corrected chi connectivity index (χ2v) is 10.2. The molecule has 1 aliphatic rings. The van der Waals surface area contributed by atoms with Crippen LogP contribution in [0.3, 0.4) is 0 Å². The van der Waals surface area contributed by atoms with E-state index in [2.05, 4.69) is 23.6 Å². The number of thiocarbonyl (C=S) groups is 1. The van der Waals surface area contributed by atoms with E-state index in [9.17, 15) is 10.1 Å². The molecule has 4 rings (SSSR count). The first-order valence-corrected chi connectivity index (χ1v) is 12.2. The van der Waals surface area contributed by atoms with Crippen molar-refractivity contribution in [2.45, 2.75) is 26.2 Å². The first kappa shape index (κ1) is 23.5. The van der Waals surface area contributed by atoms with Gasteiger partial charge in [-0.1, -0.05) is 30.1 Å². The number of fused-ring (bicyclic) bond motifs is 1. The van der Waals surface area contributed by atoms with Crippen molar-refractivity contribution in [1.82, 2.24) is 5.32 Å².